The highest BCUT2D eigenvalue weighted by Gasteiger charge is 2.23. The molecule has 0 unspecified atom stereocenters. The Bertz CT molecular complexity index is 760. The summed E-state index contributed by atoms with van der Waals surface area (Å²) >= 11 is 1.47. The predicted molar refractivity (Wildman–Crippen MR) is 90.1 cm³/mol. The number of hydrogen-bond donors (Lipinski definition) is 0. The summed E-state index contributed by atoms with van der Waals surface area (Å²) in [6.07, 6.45) is 5.31. The van der Waals surface area contributed by atoms with Crippen LogP contribution in [0.3, 0.4) is 0 Å². The number of rotatable bonds is 3. The molecule has 1 aliphatic carbocycles. The van der Waals surface area contributed by atoms with Crippen LogP contribution in [-0.2, 0) is 19.4 Å². The summed E-state index contributed by atoms with van der Waals surface area (Å²) < 4.78 is 5.95. The largest absolute Gasteiger partial charge is 0.347 e. The average molecular weight is 331 g/mol. The van der Waals surface area contributed by atoms with Gasteiger partial charge in [0.05, 0.1) is 5.69 Å². The fraction of sp³-hybridized carbons (Fsp3) is 0.625. The Hall–Kier alpha value is -1.76. The smallest absolute Gasteiger partial charge is 0.267 e. The lowest BCUT2D eigenvalue weighted by molar-refractivity contribution is 0.333. The van der Waals surface area contributed by atoms with Crippen LogP contribution in [0.15, 0.2) is 10.9 Å². The topological polar surface area (TPSA) is 63.9 Å². The molecule has 1 fully saturated rings. The van der Waals surface area contributed by atoms with Crippen LogP contribution in [0, 0.1) is 12.8 Å². The monoisotopic (exact) mass is 331 g/mol. The zero-order chi connectivity index (χ0) is 15.8. The molecule has 0 atom stereocenters. The predicted octanol–water partition coefficient (Wildman–Crippen LogP) is 1.81. The highest BCUT2D eigenvalue weighted by Crippen LogP contribution is 2.25. The SMILES string of the molecule is Cc1nsc(N2CCC(Cn3nc4c(cc3=O)CCC4)CC2)n1. The first-order valence-electron chi connectivity index (χ1n) is 8.34. The molecule has 1 saturated heterocycles. The Labute approximate surface area is 139 Å². The van der Waals surface area contributed by atoms with Crippen LogP contribution in [0.2, 0.25) is 0 Å². The van der Waals surface area contributed by atoms with Crippen LogP contribution in [0.1, 0.15) is 36.3 Å². The van der Waals surface area contributed by atoms with E-state index in [0.717, 1.165) is 74.0 Å². The van der Waals surface area contributed by atoms with Gasteiger partial charge in [-0.1, -0.05) is 0 Å². The van der Waals surface area contributed by atoms with E-state index in [-0.39, 0.29) is 5.56 Å². The van der Waals surface area contributed by atoms with E-state index in [4.69, 9.17) is 0 Å². The van der Waals surface area contributed by atoms with Gasteiger partial charge in [-0.2, -0.15) is 9.47 Å². The summed E-state index contributed by atoms with van der Waals surface area (Å²) in [7, 11) is 0. The molecule has 0 saturated carbocycles. The van der Waals surface area contributed by atoms with Crippen LogP contribution in [0.25, 0.3) is 0 Å². The first-order chi connectivity index (χ1) is 11.2. The number of hydrogen-bond acceptors (Lipinski definition) is 6. The number of aryl methyl sites for hydroxylation is 3. The zero-order valence-electron chi connectivity index (χ0n) is 13.4. The van der Waals surface area contributed by atoms with Gasteiger partial charge in [-0.05, 0) is 50.5 Å². The normalized spacial score (nSPS) is 18.4. The van der Waals surface area contributed by atoms with Gasteiger partial charge in [0.15, 0.2) is 0 Å². The van der Waals surface area contributed by atoms with Crippen molar-refractivity contribution in [1.82, 2.24) is 19.1 Å². The van der Waals surface area contributed by atoms with Crippen molar-refractivity contribution in [1.29, 1.82) is 0 Å². The molecule has 23 heavy (non-hydrogen) atoms. The Morgan fingerprint density at radius 3 is 2.87 bits per heavy atom. The molecule has 2 aliphatic rings. The van der Waals surface area contributed by atoms with Crippen molar-refractivity contribution in [3.8, 4) is 0 Å². The summed E-state index contributed by atoms with van der Waals surface area (Å²) in [4.78, 5) is 19.0. The van der Waals surface area contributed by atoms with Crippen molar-refractivity contribution in [2.45, 2.75) is 45.6 Å². The minimum Gasteiger partial charge on any atom is -0.347 e. The summed E-state index contributed by atoms with van der Waals surface area (Å²) in [5, 5.41) is 5.62. The molecule has 7 heteroatoms. The minimum absolute atomic E-state index is 0.0628. The Balaban J connectivity index is 1.41. The lowest BCUT2D eigenvalue weighted by atomic mass is 9.97. The van der Waals surface area contributed by atoms with Gasteiger partial charge in [0.2, 0.25) is 5.13 Å². The second-order valence-corrected chi connectivity index (χ2v) is 7.28. The minimum atomic E-state index is 0.0628. The summed E-state index contributed by atoms with van der Waals surface area (Å²) in [6, 6.07) is 1.80. The van der Waals surface area contributed by atoms with Gasteiger partial charge in [0, 0.05) is 37.2 Å². The van der Waals surface area contributed by atoms with Gasteiger partial charge in [-0.15, -0.1) is 0 Å². The molecule has 0 aromatic carbocycles. The molecule has 0 spiro atoms. The zero-order valence-corrected chi connectivity index (χ0v) is 14.2. The van der Waals surface area contributed by atoms with Crippen LogP contribution in [0.5, 0.6) is 0 Å². The van der Waals surface area contributed by atoms with Crippen molar-refractivity contribution in [3.63, 3.8) is 0 Å². The van der Waals surface area contributed by atoms with E-state index in [1.165, 1.54) is 11.5 Å². The lowest BCUT2D eigenvalue weighted by Gasteiger charge is -2.31. The van der Waals surface area contributed by atoms with Crippen LogP contribution >= 0.6 is 11.5 Å². The van der Waals surface area contributed by atoms with Gasteiger partial charge in [0.25, 0.3) is 5.56 Å². The van der Waals surface area contributed by atoms with Crippen molar-refractivity contribution in [3.05, 3.63) is 33.5 Å². The second-order valence-electron chi connectivity index (χ2n) is 6.54. The number of fused-ring (bicyclic) bond motifs is 1. The molecule has 122 valence electrons. The van der Waals surface area contributed by atoms with Gasteiger partial charge >= 0.3 is 0 Å². The summed E-state index contributed by atoms with van der Waals surface area (Å²) in [5.41, 5.74) is 2.35. The van der Waals surface area contributed by atoms with E-state index in [2.05, 4.69) is 19.4 Å². The highest BCUT2D eigenvalue weighted by molar-refractivity contribution is 7.09. The van der Waals surface area contributed by atoms with E-state index < -0.39 is 0 Å². The van der Waals surface area contributed by atoms with Gasteiger partial charge in [-0.3, -0.25) is 4.79 Å². The van der Waals surface area contributed by atoms with E-state index in [1.807, 2.05) is 6.92 Å². The maximum Gasteiger partial charge on any atom is 0.267 e. The van der Waals surface area contributed by atoms with Crippen molar-refractivity contribution in [2.75, 3.05) is 18.0 Å². The maximum atomic E-state index is 12.2. The van der Waals surface area contributed by atoms with E-state index in [9.17, 15) is 4.79 Å². The Morgan fingerprint density at radius 2 is 2.13 bits per heavy atom. The van der Waals surface area contributed by atoms with Crippen LogP contribution in [-0.4, -0.2) is 32.2 Å². The molecular formula is C16H21N5OS. The first-order valence-corrected chi connectivity index (χ1v) is 9.11. The van der Waals surface area contributed by atoms with Crippen LogP contribution < -0.4 is 10.5 Å². The molecule has 1 aliphatic heterocycles. The molecule has 0 amide bonds. The van der Waals surface area contributed by atoms with Gasteiger partial charge in [-0.25, -0.2) is 9.67 Å². The molecule has 2 aromatic heterocycles. The van der Waals surface area contributed by atoms with Crippen molar-refractivity contribution < 1.29 is 0 Å². The average Bonchev–Trinajstić information content (AvgIpc) is 3.17. The number of piperidine rings is 1. The third kappa shape index (κ3) is 3.02. The van der Waals surface area contributed by atoms with E-state index in [1.54, 1.807) is 10.7 Å². The molecule has 3 heterocycles. The Morgan fingerprint density at radius 1 is 1.30 bits per heavy atom. The summed E-state index contributed by atoms with van der Waals surface area (Å²) in [5.74, 6) is 1.37. The van der Waals surface area contributed by atoms with E-state index >= 15 is 0 Å². The maximum absolute atomic E-state index is 12.2. The molecule has 0 bridgehead atoms. The lowest BCUT2D eigenvalue weighted by Crippen LogP contribution is -2.37. The van der Waals surface area contributed by atoms with Crippen LogP contribution in [0.4, 0.5) is 5.13 Å². The molecule has 2 aromatic rings. The molecule has 6 nitrogen and oxygen atoms in total. The third-order valence-corrected chi connectivity index (χ3v) is 5.73. The summed E-state index contributed by atoms with van der Waals surface area (Å²) in [6.45, 7) is 4.64. The number of nitrogens with zero attached hydrogens (tertiary/aromatic N) is 5. The standard InChI is InChI=1S/C16H21N5OS/c1-11-17-16(23-19-11)20-7-5-12(6-8-20)10-21-15(22)9-13-3-2-4-14(13)18-21/h9,12H,2-8,10H2,1H3. The number of aromatic nitrogens is 4. The van der Waals surface area contributed by atoms with Gasteiger partial charge < -0.3 is 4.90 Å². The molecule has 4 rings (SSSR count). The quantitative estimate of drug-likeness (QED) is 0.858. The highest BCUT2D eigenvalue weighted by atomic mass is 32.1. The van der Waals surface area contributed by atoms with Crippen molar-refractivity contribution >= 4 is 16.7 Å². The van der Waals surface area contributed by atoms with Crippen molar-refractivity contribution in [2.24, 2.45) is 5.92 Å². The van der Waals surface area contributed by atoms with Gasteiger partial charge in [0.1, 0.15) is 5.82 Å². The Kier molecular flexibility index (Phi) is 3.88. The fourth-order valence-corrected chi connectivity index (χ4v) is 4.26. The second kappa shape index (κ2) is 6.03. The first kappa shape index (κ1) is 14.8. The molecule has 0 radical (unpaired) electrons. The molecular weight excluding hydrogens is 310 g/mol. The van der Waals surface area contributed by atoms with E-state index in [0.29, 0.717) is 5.92 Å². The third-order valence-electron chi connectivity index (χ3n) is 4.86. The molecule has 0 N–H and O–H groups in total. The fourth-order valence-electron chi connectivity index (χ4n) is 3.54. The number of anilines is 1.